The van der Waals surface area contributed by atoms with E-state index in [2.05, 4.69) is 42.2 Å². The highest BCUT2D eigenvalue weighted by Crippen LogP contribution is 2.19. The molecule has 0 aliphatic heterocycles. The summed E-state index contributed by atoms with van der Waals surface area (Å²) in [7, 11) is -1.41. The molecule has 0 spiro atoms. The first-order valence-corrected chi connectivity index (χ1v) is 10.2. The second-order valence-electron chi connectivity index (χ2n) is 4.93. The van der Waals surface area contributed by atoms with Gasteiger partial charge in [0.1, 0.15) is 20.1 Å². The summed E-state index contributed by atoms with van der Waals surface area (Å²) in [4.78, 5) is 8.45. The van der Waals surface area contributed by atoms with Crippen LogP contribution in [0.2, 0.25) is 18.1 Å². The minimum atomic E-state index is -1.41. The molecule has 0 aliphatic rings. The van der Waals surface area contributed by atoms with Crippen LogP contribution < -0.4 is 0 Å². The highest BCUT2D eigenvalue weighted by atomic mass is 28.3. The van der Waals surface area contributed by atoms with E-state index in [4.69, 9.17) is 4.74 Å². The third-order valence-corrected chi connectivity index (χ3v) is 8.70. The van der Waals surface area contributed by atoms with Gasteiger partial charge in [-0.1, -0.05) is 26.7 Å². The molecule has 0 amide bonds. The Kier molecular flexibility index (Phi) is 7.49. The molecule has 0 unspecified atom stereocenters. The molecule has 0 atom stereocenters. The lowest BCUT2D eigenvalue weighted by Gasteiger charge is -2.20. The Morgan fingerprint density at radius 2 is 1.85 bits per heavy atom. The van der Waals surface area contributed by atoms with E-state index in [-0.39, 0.29) is 0 Å². The molecule has 0 N–H and O–H groups in total. The molecule has 1 rings (SSSR count). The fraction of sp³-hybridized carbons (Fsp3) is 0.625. The largest absolute Gasteiger partial charge is 0.381 e. The van der Waals surface area contributed by atoms with Crippen molar-refractivity contribution in [2.24, 2.45) is 0 Å². The maximum absolute atomic E-state index is 5.41. The maximum atomic E-state index is 5.41. The minimum Gasteiger partial charge on any atom is -0.381 e. The number of nitrogens with zero attached hydrogens (tertiary/aromatic N) is 2. The summed E-state index contributed by atoms with van der Waals surface area (Å²) in [6, 6.07) is 3.64. The van der Waals surface area contributed by atoms with Crippen LogP contribution in [-0.4, -0.2) is 31.3 Å². The zero-order chi connectivity index (χ0) is 14.8. The summed E-state index contributed by atoms with van der Waals surface area (Å²) in [6.45, 7) is 10.3. The molecule has 1 aromatic heterocycles. The molecule has 110 valence electrons. The fourth-order valence-corrected chi connectivity index (χ4v) is 4.60. The number of ether oxygens (including phenoxy) is 1. The smallest absolute Gasteiger partial charge is 0.138 e. The van der Waals surface area contributed by atoms with Gasteiger partial charge in [-0.3, -0.25) is 0 Å². The van der Waals surface area contributed by atoms with E-state index >= 15 is 0 Å². The van der Waals surface area contributed by atoms with E-state index in [0.717, 1.165) is 24.3 Å². The van der Waals surface area contributed by atoms with Crippen LogP contribution in [0.25, 0.3) is 0 Å². The van der Waals surface area contributed by atoms with E-state index < -0.39 is 8.07 Å². The predicted octanol–water partition coefficient (Wildman–Crippen LogP) is 3.45. The van der Waals surface area contributed by atoms with Gasteiger partial charge in [0, 0.05) is 24.8 Å². The van der Waals surface area contributed by atoms with Crippen molar-refractivity contribution < 1.29 is 4.74 Å². The molecule has 4 heteroatoms. The summed E-state index contributed by atoms with van der Waals surface area (Å²) >= 11 is 0. The summed E-state index contributed by atoms with van der Waals surface area (Å²) in [6.07, 6.45) is 4.28. The molecule has 1 heterocycles. The van der Waals surface area contributed by atoms with Crippen molar-refractivity contribution in [3.05, 3.63) is 23.8 Å². The van der Waals surface area contributed by atoms with Gasteiger partial charge in [0.05, 0.1) is 6.61 Å². The van der Waals surface area contributed by atoms with Gasteiger partial charge in [0.2, 0.25) is 0 Å². The molecule has 3 nitrogen and oxygen atoms in total. The first kappa shape index (κ1) is 16.9. The van der Waals surface area contributed by atoms with Gasteiger partial charge in [-0.2, -0.15) is 0 Å². The molecule has 1 aromatic rings. The second-order valence-corrected chi connectivity index (χ2v) is 9.87. The maximum Gasteiger partial charge on any atom is 0.138 e. The van der Waals surface area contributed by atoms with Gasteiger partial charge in [0.25, 0.3) is 0 Å². The van der Waals surface area contributed by atoms with Gasteiger partial charge in [-0.15, -0.1) is 5.54 Å². The molecular formula is C16H26N2OSi. The Morgan fingerprint density at radius 1 is 1.15 bits per heavy atom. The average molecular weight is 290 g/mol. The lowest BCUT2D eigenvalue weighted by atomic mass is 10.2. The van der Waals surface area contributed by atoms with Crippen LogP contribution in [0, 0.1) is 11.5 Å². The van der Waals surface area contributed by atoms with E-state index in [1.54, 1.807) is 6.33 Å². The van der Waals surface area contributed by atoms with Crippen LogP contribution in [0.3, 0.4) is 0 Å². The van der Waals surface area contributed by atoms with Crippen LogP contribution >= 0.6 is 0 Å². The summed E-state index contributed by atoms with van der Waals surface area (Å²) < 4.78 is 5.41. The van der Waals surface area contributed by atoms with E-state index in [1.807, 2.05) is 13.1 Å². The summed E-state index contributed by atoms with van der Waals surface area (Å²) in [5.41, 5.74) is 5.57. The van der Waals surface area contributed by atoms with Crippen LogP contribution in [0.4, 0.5) is 0 Å². The van der Waals surface area contributed by atoms with Gasteiger partial charge in [-0.05, 0) is 25.1 Å². The molecule has 0 aromatic carbocycles. The lowest BCUT2D eigenvalue weighted by molar-refractivity contribution is 0.150. The third-order valence-electron chi connectivity index (χ3n) is 3.98. The first-order chi connectivity index (χ1) is 9.71. The average Bonchev–Trinajstić information content (AvgIpc) is 2.51. The van der Waals surface area contributed by atoms with E-state index in [0.29, 0.717) is 6.61 Å². The van der Waals surface area contributed by atoms with Crippen LogP contribution in [0.15, 0.2) is 12.5 Å². The van der Waals surface area contributed by atoms with Gasteiger partial charge >= 0.3 is 0 Å². The topological polar surface area (TPSA) is 35.0 Å². The van der Waals surface area contributed by atoms with Crippen molar-refractivity contribution in [2.45, 2.75) is 52.2 Å². The van der Waals surface area contributed by atoms with Crippen molar-refractivity contribution in [3.63, 3.8) is 0 Å². The van der Waals surface area contributed by atoms with Crippen molar-refractivity contribution in [3.8, 4) is 11.5 Å². The monoisotopic (exact) mass is 290 g/mol. The number of hydrogen-bond donors (Lipinski definition) is 0. The Bertz CT molecular complexity index is 453. The van der Waals surface area contributed by atoms with Crippen molar-refractivity contribution >= 4 is 8.07 Å². The van der Waals surface area contributed by atoms with E-state index in [1.165, 1.54) is 18.1 Å². The second kappa shape index (κ2) is 8.88. The van der Waals surface area contributed by atoms with E-state index in [9.17, 15) is 0 Å². The molecule has 0 fully saturated rings. The first-order valence-electron chi connectivity index (χ1n) is 7.61. The number of aromatic nitrogens is 2. The minimum absolute atomic E-state index is 0.705. The highest BCUT2D eigenvalue weighted by molar-refractivity contribution is 6.87. The Morgan fingerprint density at radius 3 is 2.45 bits per heavy atom. The number of hydrogen-bond acceptors (Lipinski definition) is 3. The molecule has 0 saturated heterocycles. The zero-order valence-corrected chi connectivity index (χ0v) is 14.2. The normalized spacial score (nSPS) is 11.0. The molecule has 20 heavy (non-hydrogen) atoms. The van der Waals surface area contributed by atoms with Crippen LogP contribution in [-0.2, 0) is 11.2 Å². The fourth-order valence-electron chi connectivity index (χ4n) is 2.19. The van der Waals surface area contributed by atoms with Gasteiger partial charge in [0.15, 0.2) is 0 Å². The van der Waals surface area contributed by atoms with Crippen molar-refractivity contribution in [2.75, 3.05) is 13.2 Å². The standard InChI is InChI=1S/C16H26N2OSi/c1-5-19-11-9-15-13-17-14-18-16(15)10-12-20(6-2,7-3)8-4/h13-14H,5-9,11H2,1-4H3. The van der Waals surface area contributed by atoms with Crippen molar-refractivity contribution in [1.82, 2.24) is 9.97 Å². The third kappa shape index (κ3) is 4.73. The van der Waals surface area contributed by atoms with Crippen molar-refractivity contribution in [1.29, 1.82) is 0 Å². The highest BCUT2D eigenvalue weighted by Gasteiger charge is 2.24. The van der Waals surface area contributed by atoms with Crippen LogP contribution in [0.1, 0.15) is 39.0 Å². The molecule has 0 aliphatic carbocycles. The Labute approximate surface area is 124 Å². The zero-order valence-electron chi connectivity index (χ0n) is 13.2. The number of rotatable bonds is 7. The lowest BCUT2D eigenvalue weighted by Crippen LogP contribution is -2.29. The van der Waals surface area contributed by atoms with Gasteiger partial charge in [-0.25, -0.2) is 9.97 Å². The Hall–Kier alpha value is -1.18. The molecular weight excluding hydrogens is 264 g/mol. The molecule has 0 saturated carbocycles. The van der Waals surface area contributed by atoms with Gasteiger partial charge < -0.3 is 4.74 Å². The predicted molar refractivity (Wildman–Crippen MR) is 86.3 cm³/mol. The Balaban J connectivity index is 2.92. The molecule has 0 radical (unpaired) electrons. The summed E-state index contributed by atoms with van der Waals surface area (Å²) in [5.74, 6) is 3.34. The quantitative estimate of drug-likeness (QED) is 0.438. The summed E-state index contributed by atoms with van der Waals surface area (Å²) in [5, 5.41) is 0. The molecule has 0 bridgehead atoms. The van der Waals surface area contributed by atoms with Crippen LogP contribution in [0.5, 0.6) is 0 Å². The SMILES string of the molecule is CCOCCc1cncnc1C#C[Si](CC)(CC)CC.